The minimum absolute atomic E-state index is 0.0212. The molecule has 8 heteroatoms. The minimum atomic E-state index is -1.00. The smallest absolute Gasteiger partial charge is 0.247 e. The Morgan fingerprint density at radius 1 is 1.14 bits per heavy atom. The van der Waals surface area contributed by atoms with E-state index in [0.717, 1.165) is 18.4 Å². The third-order valence-corrected chi connectivity index (χ3v) is 5.37. The molecule has 0 bridgehead atoms. The van der Waals surface area contributed by atoms with Crippen LogP contribution in [-0.2, 0) is 10.4 Å². The lowest BCUT2D eigenvalue weighted by Gasteiger charge is -2.37. The van der Waals surface area contributed by atoms with Gasteiger partial charge in [0.15, 0.2) is 11.6 Å². The molecule has 1 saturated carbocycles. The van der Waals surface area contributed by atoms with Gasteiger partial charge in [-0.25, -0.2) is 9.97 Å². The Morgan fingerprint density at radius 2 is 1.89 bits per heavy atom. The summed E-state index contributed by atoms with van der Waals surface area (Å²) in [6.07, 6.45) is 5.95. The lowest BCUT2D eigenvalue weighted by Crippen LogP contribution is -2.49. The monoisotopic (exact) mass is 383 g/mol. The fourth-order valence-electron chi connectivity index (χ4n) is 3.78. The summed E-state index contributed by atoms with van der Waals surface area (Å²) >= 11 is 0. The largest absolute Gasteiger partial charge is 0.393 e. The number of carbonyl (C=O) groups is 1. The summed E-state index contributed by atoms with van der Waals surface area (Å²) < 4.78 is 0. The molecular formula is C20H25N5O3. The molecule has 1 fully saturated rings. The lowest BCUT2D eigenvalue weighted by molar-refractivity contribution is -0.118. The third kappa shape index (κ3) is 3.57. The van der Waals surface area contributed by atoms with Gasteiger partial charge in [0.05, 0.1) is 30.2 Å². The number of anilines is 2. The Kier molecular flexibility index (Phi) is 4.76. The van der Waals surface area contributed by atoms with Crippen LogP contribution >= 0.6 is 0 Å². The van der Waals surface area contributed by atoms with Gasteiger partial charge in [-0.1, -0.05) is 0 Å². The Bertz CT molecular complexity index is 870. The van der Waals surface area contributed by atoms with E-state index in [-0.39, 0.29) is 24.6 Å². The van der Waals surface area contributed by atoms with E-state index in [1.54, 1.807) is 37.2 Å². The van der Waals surface area contributed by atoms with E-state index in [9.17, 15) is 15.0 Å². The molecule has 0 radical (unpaired) electrons. The highest BCUT2D eigenvalue weighted by atomic mass is 16.3. The molecule has 2 aromatic rings. The average molecular weight is 383 g/mol. The molecule has 3 N–H and O–H groups in total. The van der Waals surface area contributed by atoms with E-state index in [2.05, 4.69) is 20.3 Å². The maximum absolute atomic E-state index is 12.5. The quantitative estimate of drug-likeness (QED) is 0.741. The van der Waals surface area contributed by atoms with Gasteiger partial charge in [-0.15, -0.1) is 0 Å². The van der Waals surface area contributed by atoms with Crippen molar-refractivity contribution in [1.29, 1.82) is 0 Å². The fraction of sp³-hybridized carbons (Fsp3) is 0.500. The van der Waals surface area contributed by atoms with Crippen LogP contribution < -0.4 is 10.2 Å². The second-order valence-corrected chi connectivity index (χ2v) is 8.00. The number of amides is 1. The summed E-state index contributed by atoms with van der Waals surface area (Å²) in [5, 5.41) is 22.9. The molecule has 2 aliphatic rings. The summed E-state index contributed by atoms with van der Waals surface area (Å²) in [5.74, 6) is 1.10. The van der Waals surface area contributed by atoms with E-state index in [0.29, 0.717) is 35.9 Å². The highest BCUT2D eigenvalue weighted by Gasteiger charge is 2.34. The van der Waals surface area contributed by atoms with Crippen LogP contribution in [0.25, 0.3) is 11.3 Å². The number of rotatable bonds is 3. The topological polar surface area (TPSA) is 111 Å². The van der Waals surface area contributed by atoms with Crippen molar-refractivity contribution in [2.75, 3.05) is 16.8 Å². The van der Waals surface area contributed by atoms with Crippen molar-refractivity contribution in [2.45, 2.75) is 57.3 Å². The molecule has 2 aromatic heterocycles. The Balaban J connectivity index is 1.62. The number of aliphatic hydroxyl groups excluding tert-OH is 1. The van der Waals surface area contributed by atoms with Gasteiger partial charge >= 0.3 is 0 Å². The molecule has 1 aliphatic carbocycles. The van der Waals surface area contributed by atoms with Crippen molar-refractivity contribution >= 4 is 17.5 Å². The van der Waals surface area contributed by atoms with E-state index in [4.69, 9.17) is 0 Å². The van der Waals surface area contributed by atoms with Crippen molar-refractivity contribution in [3.05, 3.63) is 30.2 Å². The SMILES string of the molecule is CC(C)(O)c1ccc(-c2cnc3c(n2)NCC(=O)N3C2CCC(O)CC2)cn1. The molecule has 3 heterocycles. The molecule has 1 amide bonds. The van der Waals surface area contributed by atoms with Crippen molar-refractivity contribution in [1.82, 2.24) is 15.0 Å². The second kappa shape index (κ2) is 7.10. The molecule has 0 spiro atoms. The Hall–Kier alpha value is -2.58. The second-order valence-electron chi connectivity index (χ2n) is 8.00. The van der Waals surface area contributed by atoms with Gasteiger partial charge in [0.2, 0.25) is 5.91 Å². The zero-order valence-corrected chi connectivity index (χ0v) is 16.1. The van der Waals surface area contributed by atoms with Gasteiger partial charge in [-0.05, 0) is 51.7 Å². The molecule has 0 unspecified atom stereocenters. The van der Waals surface area contributed by atoms with E-state index in [1.807, 2.05) is 6.07 Å². The molecule has 0 aromatic carbocycles. The summed E-state index contributed by atoms with van der Waals surface area (Å²) in [4.78, 5) is 27.8. The predicted octanol–water partition coefficient (Wildman–Crippen LogP) is 1.83. The summed E-state index contributed by atoms with van der Waals surface area (Å²) in [7, 11) is 0. The predicted molar refractivity (Wildman–Crippen MR) is 105 cm³/mol. The number of aromatic nitrogens is 3. The number of nitrogens with zero attached hydrogens (tertiary/aromatic N) is 4. The van der Waals surface area contributed by atoms with Gasteiger partial charge in [0, 0.05) is 17.8 Å². The minimum Gasteiger partial charge on any atom is -0.393 e. The van der Waals surface area contributed by atoms with Crippen molar-refractivity contribution < 1.29 is 15.0 Å². The van der Waals surface area contributed by atoms with Gasteiger partial charge in [0.1, 0.15) is 5.60 Å². The third-order valence-electron chi connectivity index (χ3n) is 5.37. The molecule has 28 heavy (non-hydrogen) atoms. The normalized spacial score (nSPS) is 22.6. The zero-order chi connectivity index (χ0) is 19.9. The van der Waals surface area contributed by atoms with Crippen LogP contribution in [0.2, 0.25) is 0 Å². The average Bonchev–Trinajstić information content (AvgIpc) is 2.68. The molecule has 8 nitrogen and oxygen atoms in total. The van der Waals surface area contributed by atoms with Crippen LogP contribution in [-0.4, -0.2) is 49.8 Å². The van der Waals surface area contributed by atoms with Crippen LogP contribution in [0, 0.1) is 0 Å². The first kappa shape index (κ1) is 18.8. The van der Waals surface area contributed by atoms with Crippen LogP contribution in [0.15, 0.2) is 24.5 Å². The summed E-state index contributed by atoms with van der Waals surface area (Å²) in [5.41, 5.74) is 1.01. The van der Waals surface area contributed by atoms with Gasteiger partial charge in [-0.2, -0.15) is 0 Å². The summed E-state index contributed by atoms with van der Waals surface area (Å²) in [6, 6.07) is 3.67. The number of hydrogen-bond acceptors (Lipinski definition) is 7. The molecule has 0 saturated heterocycles. The molecule has 0 atom stereocenters. The first-order valence-electron chi connectivity index (χ1n) is 9.63. The Labute approximate surface area is 163 Å². The van der Waals surface area contributed by atoms with Crippen LogP contribution in [0.3, 0.4) is 0 Å². The number of hydrogen-bond donors (Lipinski definition) is 3. The molecule has 4 rings (SSSR count). The standard InChI is InChI=1S/C20H25N5O3/c1-20(2,28)16-8-3-12(9-21-16)15-10-23-19-18(24-15)22-11-17(27)25(19)13-4-6-14(26)7-5-13/h3,8-10,13-14,26,28H,4-7,11H2,1-2H3,(H,22,24). The number of carbonyl (C=O) groups excluding carboxylic acids is 1. The fourth-order valence-corrected chi connectivity index (χ4v) is 3.78. The molecular weight excluding hydrogens is 358 g/mol. The van der Waals surface area contributed by atoms with Crippen molar-refractivity contribution in [3.8, 4) is 11.3 Å². The number of nitrogens with one attached hydrogen (secondary N) is 1. The number of aliphatic hydroxyl groups is 2. The first-order chi connectivity index (χ1) is 13.3. The van der Waals surface area contributed by atoms with E-state index < -0.39 is 5.60 Å². The summed E-state index contributed by atoms with van der Waals surface area (Å²) in [6.45, 7) is 3.56. The maximum Gasteiger partial charge on any atom is 0.247 e. The van der Waals surface area contributed by atoms with Gasteiger partial charge < -0.3 is 15.5 Å². The highest BCUT2D eigenvalue weighted by Crippen LogP contribution is 2.34. The van der Waals surface area contributed by atoms with Crippen LogP contribution in [0.1, 0.15) is 45.2 Å². The maximum atomic E-state index is 12.5. The van der Waals surface area contributed by atoms with Crippen molar-refractivity contribution in [2.24, 2.45) is 0 Å². The highest BCUT2D eigenvalue weighted by molar-refractivity contribution is 6.01. The number of pyridine rings is 1. The number of fused-ring (bicyclic) bond motifs is 1. The molecule has 148 valence electrons. The Morgan fingerprint density at radius 3 is 2.54 bits per heavy atom. The van der Waals surface area contributed by atoms with Gasteiger partial charge in [0.25, 0.3) is 0 Å². The van der Waals surface area contributed by atoms with E-state index in [1.165, 1.54) is 0 Å². The van der Waals surface area contributed by atoms with Crippen LogP contribution in [0.5, 0.6) is 0 Å². The van der Waals surface area contributed by atoms with Crippen molar-refractivity contribution in [3.63, 3.8) is 0 Å². The lowest BCUT2D eigenvalue weighted by atomic mass is 9.91. The van der Waals surface area contributed by atoms with Gasteiger partial charge in [-0.3, -0.25) is 14.7 Å². The zero-order valence-electron chi connectivity index (χ0n) is 16.1. The molecule has 1 aliphatic heterocycles. The van der Waals surface area contributed by atoms with Crippen LogP contribution in [0.4, 0.5) is 11.6 Å². The first-order valence-corrected chi connectivity index (χ1v) is 9.63. The van der Waals surface area contributed by atoms with E-state index >= 15 is 0 Å².